The van der Waals surface area contributed by atoms with Gasteiger partial charge in [0.1, 0.15) is 13.1 Å². The van der Waals surface area contributed by atoms with Gasteiger partial charge in [0, 0.05) is 12.8 Å². The monoisotopic (exact) mass is 265 g/mol. The van der Waals surface area contributed by atoms with Crippen molar-refractivity contribution in [1.29, 1.82) is 0 Å². The molecule has 1 radical (unpaired) electrons. The average molecular weight is 264 g/mol. The Morgan fingerprint density at radius 2 is 1.70 bits per heavy atom. The Morgan fingerprint density at radius 3 is 2.00 bits per heavy atom. The van der Waals surface area contributed by atoms with Crippen LogP contribution in [0.1, 0.15) is 19.3 Å². The third-order valence-corrected chi connectivity index (χ3v) is 2.25. The Hall–Kier alpha value is 0.993. The molecule has 0 bridgehead atoms. The molecule has 0 N–H and O–H groups in total. The molecular formula is C6H13NRuS2+3. The van der Waals surface area contributed by atoms with Crippen LogP contribution >= 0.6 is 12.6 Å². The van der Waals surface area contributed by atoms with Crippen molar-refractivity contribution in [3.63, 3.8) is 0 Å². The van der Waals surface area contributed by atoms with Gasteiger partial charge in [-0.3, -0.25) is 0 Å². The predicted octanol–water partition coefficient (Wildman–Crippen LogP) is 0.478. The summed E-state index contributed by atoms with van der Waals surface area (Å²) in [5.41, 5.74) is 0. The van der Waals surface area contributed by atoms with E-state index in [4.69, 9.17) is 0 Å². The van der Waals surface area contributed by atoms with E-state index in [1.165, 1.54) is 32.4 Å². The zero-order valence-electron chi connectivity index (χ0n) is 5.78. The van der Waals surface area contributed by atoms with Gasteiger partial charge in [-0.05, 0) is 19.0 Å². The van der Waals surface area contributed by atoms with E-state index in [0.29, 0.717) is 0 Å². The van der Waals surface area contributed by atoms with Gasteiger partial charge in [-0.2, -0.15) is 4.58 Å². The molecule has 0 aromatic carbocycles. The first-order valence-electron chi connectivity index (χ1n) is 3.33. The molecule has 1 rings (SSSR count). The molecule has 0 saturated carbocycles. The molecule has 0 atom stereocenters. The molecule has 1 nitrogen and oxygen atoms in total. The summed E-state index contributed by atoms with van der Waals surface area (Å²) in [6.45, 7) is 2.34. The van der Waals surface area contributed by atoms with Crippen LogP contribution in [0, 0.1) is 0 Å². The van der Waals surface area contributed by atoms with Gasteiger partial charge in [0.25, 0.3) is 0 Å². The van der Waals surface area contributed by atoms with E-state index in [0.717, 1.165) is 4.38 Å². The second-order valence-corrected chi connectivity index (χ2v) is 3.69. The number of nitrogens with zero attached hydrogens (tertiary/aromatic N) is 1. The fourth-order valence-electron chi connectivity index (χ4n) is 1.11. The minimum atomic E-state index is 0. The number of hydrogen-bond acceptors (Lipinski definition) is 0. The normalized spacial score (nSPS) is 18.0. The van der Waals surface area contributed by atoms with Gasteiger partial charge in [0.05, 0.1) is 12.6 Å². The topological polar surface area (TPSA) is 3.01 Å². The summed E-state index contributed by atoms with van der Waals surface area (Å²) in [5, 5.41) is 0. The molecule has 10 heavy (non-hydrogen) atoms. The third-order valence-electron chi connectivity index (χ3n) is 1.66. The summed E-state index contributed by atoms with van der Waals surface area (Å²) >= 11 is 7.59. The summed E-state index contributed by atoms with van der Waals surface area (Å²) < 4.78 is 3.23. The van der Waals surface area contributed by atoms with Crippen LogP contribution in [0.4, 0.5) is 0 Å². The first-order valence-corrected chi connectivity index (χ1v) is 4.28. The SMILES string of the molecule is SC([SH2+])=[N+]1CCCCC1.[Ru+]. The van der Waals surface area contributed by atoms with Gasteiger partial charge in [-0.25, -0.2) is 0 Å². The predicted molar refractivity (Wildman–Crippen MR) is 48.0 cm³/mol. The first-order chi connectivity index (χ1) is 4.30. The maximum atomic E-state index is 4.20. The fourth-order valence-corrected chi connectivity index (χ4v) is 1.53. The number of rotatable bonds is 0. The van der Waals surface area contributed by atoms with Crippen molar-refractivity contribution < 1.29 is 24.1 Å². The molecule has 1 heterocycles. The van der Waals surface area contributed by atoms with E-state index >= 15 is 0 Å². The Labute approximate surface area is 85.9 Å². The summed E-state index contributed by atoms with van der Waals surface area (Å²) in [7, 11) is 0. The van der Waals surface area contributed by atoms with Gasteiger partial charge in [-0.15, -0.1) is 0 Å². The molecular weight excluding hydrogens is 251 g/mol. The van der Waals surface area contributed by atoms with Crippen LogP contribution in [0.15, 0.2) is 0 Å². The van der Waals surface area contributed by atoms with Gasteiger partial charge in [0.2, 0.25) is 0 Å². The van der Waals surface area contributed by atoms with Crippen molar-refractivity contribution in [2.75, 3.05) is 13.1 Å². The zero-order valence-corrected chi connectivity index (χ0v) is 9.42. The van der Waals surface area contributed by atoms with Crippen LogP contribution in [0.25, 0.3) is 0 Å². The second-order valence-electron chi connectivity index (χ2n) is 2.37. The molecule has 1 fully saturated rings. The van der Waals surface area contributed by atoms with E-state index < -0.39 is 0 Å². The van der Waals surface area contributed by atoms with E-state index in [9.17, 15) is 0 Å². The summed E-state index contributed by atoms with van der Waals surface area (Å²) in [6, 6.07) is 0. The smallest absolute Gasteiger partial charge is 0.184 e. The van der Waals surface area contributed by atoms with Gasteiger partial charge in [-0.1, -0.05) is 0 Å². The fraction of sp³-hybridized carbons (Fsp3) is 0.833. The molecule has 0 aliphatic carbocycles. The maximum absolute atomic E-state index is 4.20. The number of thiol groups is 1. The van der Waals surface area contributed by atoms with Crippen LogP contribution in [0.5, 0.6) is 0 Å². The van der Waals surface area contributed by atoms with Gasteiger partial charge < -0.3 is 0 Å². The standard InChI is InChI=1S/C6H11NS2.Ru/c8-6(9)7-4-2-1-3-5-7;/h1-5H2,(H,8,9);/q;+1/p+2. The minimum Gasteiger partial charge on any atom is -0.184 e. The van der Waals surface area contributed by atoms with Crippen molar-refractivity contribution in [3.05, 3.63) is 0 Å². The Morgan fingerprint density at radius 1 is 1.20 bits per heavy atom. The van der Waals surface area contributed by atoms with Gasteiger partial charge in [0.15, 0.2) is 0 Å². The maximum Gasteiger partial charge on any atom is 1.00 e. The van der Waals surface area contributed by atoms with Crippen LogP contribution in [-0.2, 0) is 32.1 Å². The largest absolute Gasteiger partial charge is 1.00 e. The Bertz CT molecular complexity index is 124. The zero-order chi connectivity index (χ0) is 6.69. The van der Waals surface area contributed by atoms with Crippen LogP contribution in [0.3, 0.4) is 0 Å². The molecule has 0 amide bonds. The molecule has 0 unspecified atom stereocenters. The van der Waals surface area contributed by atoms with E-state index in [-0.39, 0.29) is 19.5 Å². The van der Waals surface area contributed by atoms with E-state index in [2.05, 4.69) is 29.8 Å². The molecule has 59 valence electrons. The van der Waals surface area contributed by atoms with E-state index in [1.807, 2.05) is 0 Å². The summed E-state index contributed by atoms with van der Waals surface area (Å²) in [6.07, 6.45) is 4.01. The first kappa shape index (κ1) is 11.0. The van der Waals surface area contributed by atoms with Crippen molar-refractivity contribution >= 4 is 29.6 Å². The third kappa shape index (κ3) is 3.40. The van der Waals surface area contributed by atoms with Crippen molar-refractivity contribution in [1.82, 2.24) is 0 Å². The number of hydrogen-bond donors (Lipinski definition) is 1. The quantitative estimate of drug-likeness (QED) is 0.213. The molecule has 0 aromatic heterocycles. The van der Waals surface area contributed by atoms with Crippen LogP contribution in [0.2, 0.25) is 0 Å². The summed E-state index contributed by atoms with van der Waals surface area (Å²) in [4.78, 5) is 0. The Kier molecular flexibility index (Phi) is 6.18. The molecule has 1 saturated heterocycles. The Balaban J connectivity index is 0.000000810. The minimum absolute atomic E-state index is 0. The number of piperidine rings is 1. The molecule has 1 aliphatic heterocycles. The van der Waals surface area contributed by atoms with Crippen LogP contribution in [-0.4, -0.2) is 22.0 Å². The van der Waals surface area contributed by atoms with Gasteiger partial charge >= 0.3 is 23.9 Å². The van der Waals surface area contributed by atoms with E-state index in [1.54, 1.807) is 0 Å². The molecule has 1 aliphatic rings. The second kappa shape index (κ2) is 5.62. The molecule has 4 heteroatoms. The van der Waals surface area contributed by atoms with Crippen molar-refractivity contribution in [2.24, 2.45) is 0 Å². The molecule has 0 aromatic rings. The van der Waals surface area contributed by atoms with Crippen molar-refractivity contribution in [2.45, 2.75) is 19.3 Å². The molecule has 0 spiro atoms. The van der Waals surface area contributed by atoms with Crippen molar-refractivity contribution in [3.8, 4) is 0 Å². The van der Waals surface area contributed by atoms with Crippen LogP contribution < -0.4 is 0 Å². The summed E-state index contributed by atoms with van der Waals surface area (Å²) in [5.74, 6) is 0. The average Bonchev–Trinajstić information content (AvgIpc) is 1.90.